The van der Waals surface area contributed by atoms with Crippen LogP contribution in [-0.4, -0.2) is 26.3 Å². The zero-order chi connectivity index (χ0) is 16.5. The molecule has 0 spiro atoms. The highest BCUT2D eigenvalue weighted by Gasteiger charge is 2.31. The number of likely N-dealkylation sites (tertiary alicyclic amines) is 1. The molecule has 124 valence electrons. The van der Waals surface area contributed by atoms with Crippen molar-refractivity contribution in [3.63, 3.8) is 0 Å². The number of aromatic nitrogens is 4. The molecule has 0 radical (unpaired) electrons. The Bertz CT molecular complexity index is 886. The second-order valence-electron chi connectivity index (χ2n) is 5.93. The quantitative estimate of drug-likeness (QED) is 0.709. The maximum atomic E-state index is 6.06. The van der Waals surface area contributed by atoms with Crippen molar-refractivity contribution in [2.45, 2.75) is 25.6 Å². The van der Waals surface area contributed by atoms with Gasteiger partial charge in [0.15, 0.2) is 6.67 Å². The molecule has 0 bridgehead atoms. The number of hydrogen-bond acceptors (Lipinski definition) is 4. The Morgan fingerprint density at radius 3 is 3.00 bits per heavy atom. The van der Waals surface area contributed by atoms with E-state index in [1.165, 1.54) is 22.6 Å². The highest BCUT2D eigenvalue weighted by Crippen LogP contribution is 2.23. The number of hydrogen-bond donors (Lipinski definition) is 1. The molecule has 1 aliphatic rings. The van der Waals surface area contributed by atoms with Crippen molar-refractivity contribution in [1.82, 2.24) is 19.8 Å². The summed E-state index contributed by atoms with van der Waals surface area (Å²) >= 11 is 13.5. The second kappa shape index (κ2) is 6.76. The van der Waals surface area contributed by atoms with Gasteiger partial charge in [0.2, 0.25) is 4.77 Å². The molecular weight excluding hydrogens is 362 g/mol. The molecule has 4 rings (SSSR count). The molecule has 1 fully saturated rings. The Hall–Kier alpha value is -1.54. The van der Waals surface area contributed by atoms with Gasteiger partial charge in [-0.3, -0.25) is 0 Å². The van der Waals surface area contributed by atoms with E-state index in [-0.39, 0.29) is 0 Å². The highest BCUT2D eigenvalue weighted by atomic mass is 35.5. The van der Waals surface area contributed by atoms with Gasteiger partial charge >= 0.3 is 0 Å². The summed E-state index contributed by atoms with van der Waals surface area (Å²) in [5, 5.41) is 11.3. The zero-order valence-electron chi connectivity index (χ0n) is 12.9. The summed E-state index contributed by atoms with van der Waals surface area (Å²) in [7, 11) is 0. The molecule has 1 aliphatic heterocycles. The van der Waals surface area contributed by atoms with Crippen molar-refractivity contribution in [2.75, 3.05) is 6.54 Å². The summed E-state index contributed by atoms with van der Waals surface area (Å²) in [6.07, 6.45) is 2.44. The van der Waals surface area contributed by atoms with Gasteiger partial charge in [-0.15, -0.1) is 11.3 Å². The van der Waals surface area contributed by atoms with Gasteiger partial charge in [0.1, 0.15) is 6.04 Å². The van der Waals surface area contributed by atoms with E-state index in [2.05, 4.69) is 27.9 Å². The standard InChI is InChI=1S/C16H16ClN5S2/c17-12-4-1-5-13(10-12)22-16(23)21(18-19-22)11-20-8-2-6-14(20)15-7-3-9-24-15/h1,3-5,7,9-10,14H,2,6,8,11H2/p+1/t14-/m0/s1. The van der Waals surface area contributed by atoms with Gasteiger partial charge in [-0.1, -0.05) is 23.7 Å². The molecule has 8 heteroatoms. The third-order valence-electron chi connectivity index (χ3n) is 4.42. The maximum Gasteiger partial charge on any atom is 0.225 e. The lowest BCUT2D eigenvalue weighted by Crippen LogP contribution is -3.09. The Morgan fingerprint density at radius 2 is 2.21 bits per heavy atom. The fraction of sp³-hybridized carbons (Fsp3) is 0.312. The van der Waals surface area contributed by atoms with E-state index < -0.39 is 0 Å². The van der Waals surface area contributed by atoms with Crippen molar-refractivity contribution >= 4 is 35.2 Å². The van der Waals surface area contributed by atoms with Crippen LogP contribution in [0.1, 0.15) is 23.8 Å². The number of tetrazole rings is 1. The number of benzene rings is 1. The summed E-state index contributed by atoms with van der Waals surface area (Å²) in [6.45, 7) is 1.87. The molecule has 3 aromatic rings. The average molecular weight is 379 g/mol. The largest absolute Gasteiger partial charge is 0.309 e. The first-order valence-corrected chi connectivity index (χ1v) is 9.56. The summed E-state index contributed by atoms with van der Waals surface area (Å²) in [5.74, 6) is 0. The third kappa shape index (κ3) is 3.04. The van der Waals surface area contributed by atoms with Crippen LogP contribution in [0.2, 0.25) is 5.02 Å². The number of nitrogens with zero attached hydrogens (tertiary/aromatic N) is 4. The minimum atomic E-state index is 0.531. The number of nitrogens with one attached hydrogen (secondary N) is 1. The summed E-state index contributed by atoms with van der Waals surface area (Å²) < 4.78 is 4.08. The minimum Gasteiger partial charge on any atom is -0.309 e. The predicted molar refractivity (Wildman–Crippen MR) is 97.3 cm³/mol. The van der Waals surface area contributed by atoms with Gasteiger partial charge in [0.25, 0.3) is 0 Å². The Morgan fingerprint density at radius 1 is 1.29 bits per heavy atom. The van der Waals surface area contributed by atoms with Gasteiger partial charge in [-0.25, -0.2) is 0 Å². The van der Waals surface area contributed by atoms with Crippen LogP contribution in [0.15, 0.2) is 41.8 Å². The van der Waals surface area contributed by atoms with E-state index >= 15 is 0 Å². The number of rotatable bonds is 4. The number of thiophene rings is 1. The molecule has 0 aliphatic carbocycles. The smallest absolute Gasteiger partial charge is 0.225 e. The van der Waals surface area contributed by atoms with E-state index in [0.717, 1.165) is 18.9 Å². The van der Waals surface area contributed by atoms with E-state index in [9.17, 15) is 0 Å². The first-order valence-electron chi connectivity index (χ1n) is 7.89. The van der Waals surface area contributed by atoms with Crippen LogP contribution in [0.4, 0.5) is 0 Å². The lowest BCUT2D eigenvalue weighted by molar-refractivity contribution is -0.941. The van der Waals surface area contributed by atoms with Gasteiger partial charge < -0.3 is 4.90 Å². The van der Waals surface area contributed by atoms with Crippen LogP contribution >= 0.6 is 35.2 Å². The van der Waals surface area contributed by atoms with Crippen LogP contribution in [-0.2, 0) is 6.67 Å². The fourth-order valence-electron chi connectivity index (χ4n) is 3.27. The minimum absolute atomic E-state index is 0.531. The molecule has 0 amide bonds. The molecule has 3 heterocycles. The van der Waals surface area contributed by atoms with Crippen molar-refractivity contribution in [2.24, 2.45) is 0 Å². The number of halogens is 1. The van der Waals surface area contributed by atoms with Crippen LogP contribution in [0.25, 0.3) is 5.69 Å². The molecule has 1 saturated heterocycles. The van der Waals surface area contributed by atoms with E-state index in [1.54, 1.807) is 4.68 Å². The molecule has 2 aromatic heterocycles. The van der Waals surface area contributed by atoms with Crippen LogP contribution < -0.4 is 4.90 Å². The summed E-state index contributed by atoms with van der Waals surface area (Å²) in [5.41, 5.74) is 0.838. The SMILES string of the molecule is S=c1n(C[NH+]2CCC[C@H]2c2cccs2)nnn1-c1cccc(Cl)c1. The molecule has 1 unspecified atom stereocenters. The molecule has 24 heavy (non-hydrogen) atoms. The first kappa shape index (κ1) is 16.0. The molecular formula is C16H17ClN5S2+. The van der Waals surface area contributed by atoms with Crippen molar-refractivity contribution in [3.05, 3.63) is 56.4 Å². The normalized spacial score (nSPS) is 20.5. The first-order chi connectivity index (χ1) is 11.7. The van der Waals surface area contributed by atoms with Crippen molar-refractivity contribution in [3.8, 4) is 5.69 Å². The zero-order valence-corrected chi connectivity index (χ0v) is 15.3. The monoisotopic (exact) mass is 378 g/mol. The van der Waals surface area contributed by atoms with Crippen LogP contribution in [0, 0.1) is 4.77 Å². The fourth-order valence-corrected chi connectivity index (χ4v) is 4.62. The lowest BCUT2D eigenvalue weighted by atomic mass is 10.2. The van der Waals surface area contributed by atoms with E-state index in [0.29, 0.717) is 15.8 Å². The van der Waals surface area contributed by atoms with Crippen molar-refractivity contribution in [1.29, 1.82) is 0 Å². The predicted octanol–water partition coefficient (Wildman–Crippen LogP) is 2.89. The van der Waals surface area contributed by atoms with Gasteiger partial charge in [-0.05, 0) is 52.3 Å². The molecule has 2 atom stereocenters. The average Bonchev–Trinajstić information content (AvgIpc) is 3.30. The maximum absolute atomic E-state index is 6.06. The molecule has 1 N–H and O–H groups in total. The van der Waals surface area contributed by atoms with Crippen LogP contribution in [0.3, 0.4) is 0 Å². The highest BCUT2D eigenvalue weighted by molar-refractivity contribution is 7.71. The van der Waals surface area contributed by atoms with E-state index in [1.807, 2.05) is 40.3 Å². The van der Waals surface area contributed by atoms with E-state index in [4.69, 9.17) is 23.8 Å². The Kier molecular flexibility index (Phi) is 4.49. The van der Waals surface area contributed by atoms with Gasteiger partial charge in [0.05, 0.1) is 17.1 Å². The number of quaternary nitrogens is 1. The lowest BCUT2D eigenvalue weighted by Gasteiger charge is -2.19. The topological polar surface area (TPSA) is 40.1 Å². The van der Waals surface area contributed by atoms with Gasteiger partial charge in [-0.2, -0.15) is 9.36 Å². The summed E-state index contributed by atoms with van der Waals surface area (Å²) in [6, 6.07) is 12.4. The molecule has 1 aromatic carbocycles. The summed E-state index contributed by atoms with van der Waals surface area (Å²) in [4.78, 5) is 2.93. The second-order valence-corrected chi connectivity index (χ2v) is 7.71. The Balaban J connectivity index is 1.59. The molecule has 0 saturated carbocycles. The van der Waals surface area contributed by atoms with Crippen molar-refractivity contribution < 1.29 is 4.90 Å². The van der Waals surface area contributed by atoms with Gasteiger partial charge in [0, 0.05) is 17.9 Å². The third-order valence-corrected chi connectivity index (χ3v) is 6.02. The van der Waals surface area contributed by atoms with Crippen LogP contribution in [0.5, 0.6) is 0 Å². The Labute approximate surface area is 154 Å². The molecule has 5 nitrogen and oxygen atoms in total.